The minimum atomic E-state index is -0.790. The number of nitrogens with zero attached hydrogens (tertiary/aromatic N) is 1. The van der Waals surface area contributed by atoms with Crippen LogP contribution in [0.1, 0.15) is 53.0 Å². The molecule has 3 aromatic rings. The fourth-order valence-electron chi connectivity index (χ4n) is 4.87. The van der Waals surface area contributed by atoms with Crippen LogP contribution in [-0.2, 0) is 20.8 Å². The average molecular weight is 474 g/mol. The number of benzene rings is 2. The standard InChI is InChI=1S/C29H28ClNO3/c1-17-4-6-20(7-5-17)8-10-24(32)14-22-15-26(33)28(29(22)34)27-18(2)12-21(13-19(27)3)25-11-9-23(30)16-31-25/h4-7,9,11-13,16,22,28H,8,10,14-15H2,1-3H3. The topological polar surface area (TPSA) is 64.1 Å². The Morgan fingerprint density at radius 1 is 1.00 bits per heavy atom. The van der Waals surface area contributed by atoms with E-state index in [0.717, 1.165) is 33.5 Å². The summed E-state index contributed by atoms with van der Waals surface area (Å²) < 4.78 is 0. The van der Waals surface area contributed by atoms with Gasteiger partial charge in [0, 0.05) is 36.9 Å². The van der Waals surface area contributed by atoms with Crippen LogP contribution in [0.25, 0.3) is 11.3 Å². The van der Waals surface area contributed by atoms with Gasteiger partial charge in [-0.15, -0.1) is 0 Å². The molecule has 0 bridgehead atoms. The van der Waals surface area contributed by atoms with Crippen LogP contribution in [0.2, 0.25) is 5.02 Å². The summed E-state index contributed by atoms with van der Waals surface area (Å²) in [7, 11) is 0. The fraction of sp³-hybridized carbons (Fsp3) is 0.310. The molecule has 1 saturated carbocycles. The summed E-state index contributed by atoms with van der Waals surface area (Å²) in [4.78, 5) is 43.2. The van der Waals surface area contributed by atoms with Gasteiger partial charge in [-0.2, -0.15) is 0 Å². The first-order valence-electron chi connectivity index (χ1n) is 11.6. The summed E-state index contributed by atoms with van der Waals surface area (Å²) in [6, 6.07) is 15.7. The second kappa shape index (κ2) is 10.0. The number of carbonyl (C=O) groups is 3. The normalized spacial score (nSPS) is 17.9. The van der Waals surface area contributed by atoms with Crippen molar-refractivity contribution < 1.29 is 14.4 Å². The summed E-state index contributed by atoms with van der Waals surface area (Å²) in [6.07, 6.45) is 2.90. The Kier molecular flexibility index (Phi) is 7.08. The van der Waals surface area contributed by atoms with Crippen LogP contribution >= 0.6 is 11.6 Å². The smallest absolute Gasteiger partial charge is 0.151 e. The zero-order valence-electron chi connectivity index (χ0n) is 19.7. The largest absolute Gasteiger partial charge is 0.300 e. The Balaban J connectivity index is 1.47. The molecule has 5 heteroatoms. The minimum absolute atomic E-state index is 0.0324. The van der Waals surface area contributed by atoms with Gasteiger partial charge in [0.2, 0.25) is 0 Å². The van der Waals surface area contributed by atoms with Crippen molar-refractivity contribution in [2.45, 2.75) is 52.4 Å². The van der Waals surface area contributed by atoms with E-state index < -0.39 is 11.8 Å². The number of Topliss-reactive ketones (excluding diaryl/α,β-unsaturated/α-hetero) is 3. The monoisotopic (exact) mass is 473 g/mol. The van der Waals surface area contributed by atoms with Gasteiger partial charge in [-0.25, -0.2) is 0 Å². The van der Waals surface area contributed by atoms with Crippen LogP contribution < -0.4 is 0 Å². The first kappa shape index (κ1) is 24.0. The first-order chi connectivity index (χ1) is 16.2. The maximum Gasteiger partial charge on any atom is 0.151 e. The summed E-state index contributed by atoms with van der Waals surface area (Å²) in [6.45, 7) is 5.87. The predicted octanol–water partition coefficient (Wildman–Crippen LogP) is 6.16. The zero-order valence-corrected chi connectivity index (χ0v) is 20.5. The van der Waals surface area contributed by atoms with Crippen molar-refractivity contribution in [3.8, 4) is 11.3 Å². The molecule has 1 heterocycles. The number of halogens is 1. The average Bonchev–Trinajstić information content (AvgIpc) is 3.06. The minimum Gasteiger partial charge on any atom is -0.300 e. The van der Waals surface area contributed by atoms with Crippen molar-refractivity contribution in [2.24, 2.45) is 5.92 Å². The van der Waals surface area contributed by atoms with Gasteiger partial charge in [-0.05, 0) is 73.7 Å². The number of hydrogen-bond acceptors (Lipinski definition) is 4. The third kappa shape index (κ3) is 5.18. The van der Waals surface area contributed by atoms with Crippen molar-refractivity contribution in [1.29, 1.82) is 0 Å². The van der Waals surface area contributed by atoms with E-state index in [4.69, 9.17) is 11.6 Å². The molecular weight excluding hydrogens is 446 g/mol. The van der Waals surface area contributed by atoms with E-state index in [1.54, 1.807) is 12.3 Å². The molecular formula is C29H28ClNO3. The lowest BCUT2D eigenvalue weighted by Gasteiger charge is -2.17. The number of ketones is 3. The molecule has 1 aromatic heterocycles. The molecule has 1 aliphatic rings. The van der Waals surface area contributed by atoms with E-state index in [0.29, 0.717) is 17.9 Å². The van der Waals surface area contributed by atoms with Gasteiger partial charge in [0.1, 0.15) is 17.5 Å². The van der Waals surface area contributed by atoms with Gasteiger partial charge in [-0.1, -0.05) is 41.4 Å². The third-order valence-electron chi connectivity index (χ3n) is 6.65. The first-order valence-corrected chi connectivity index (χ1v) is 12.0. The van der Waals surface area contributed by atoms with Gasteiger partial charge < -0.3 is 0 Å². The van der Waals surface area contributed by atoms with Gasteiger partial charge in [0.05, 0.1) is 10.7 Å². The molecule has 1 fully saturated rings. The maximum absolute atomic E-state index is 13.3. The number of pyridine rings is 1. The van der Waals surface area contributed by atoms with E-state index >= 15 is 0 Å². The molecule has 1 aliphatic carbocycles. The van der Waals surface area contributed by atoms with Gasteiger partial charge in [0.15, 0.2) is 5.78 Å². The number of aromatic nitrogens is 1. The van der Waals surface area contributed by atoms with E-state index in [9.17, 15) is 14.4 Å². The summed E-state index contributed by atoms with van der Waals surface area (Å²) in [5, 5.41) is 0.565. The molecule has 0 saturated heterocycles. The molecule has 2 aromatic carbocycles. The number of rotatable bonds is 7. The van der Waals surface area contributed by atoms with Gasteiger partial charge >= 0.3 is 0 Å². The lowest BCUT2D eigenvalue weighted by atomic mass is 9.85. The van der Waals surface area contributed by atoms with Crippen molar-refractivity contribution >= 4 is 29.0 Å². The van der Waals surface area contributed by atoms with E-state index in [1.165, 1.54) is 5.56 Å². The molecule has 2 atom stereocenters. The highest BCUT2D eigenvalue weighted by Crippen LogP contribution is 2.38. The maximum atomic E-state index is 13.3. The Morgan fingerprint density at radius 3 is 2.29 bits per heavy atom. The number of aryl methyl sites for hydroxylation is 4. The van der Waals surface area contributed by atoms with E-state index in [-0.39, 0.29) is 30.2 Å². The number of hydrogen-bond donors (Lipinski definition) is 0. The fourth-order valence-corrected chi connectivity index (χ4v) is 4.98. The highest BCUT2D eigenvalue weighted by Gasteiger charge is 2.43. The second-order valence-corrected chi connectivity index (χ2v) is 9.75. The van der Waals surface area contributed by atoms with Crippen LogP contribution in [0, 0.1) is 26.7 Å². The van der Waals surface area contributed by atoms with Crippen molar-refractivity contribution in [3.05, 3.63) is 87.6 Å². The Morgan fingerprint density at radius 2 is 1.68 bits per heavy atom. The van der Waals surface area contributed by atoms with E-state index in [1.807, 2.05) is 63.2 Å². The number of carbonyl (C=O) groups excluding carboxylic acids is 3. The Bertz CT molecular complexity index is 1220. The van der Waals surface area contributed by atoms with Crippen molar-refractivity contribution in [2.75, 3.05) is 0 Å². The van der Waals surface area contributed by atoms with Crippen molar-refractivity contribution in [3.63, 3.8) is 0 Å². The SMILES string of the molecule is Cc1ccc(CCC(=O)CC2CC(=O)C(c3c(C)cc(-c4ccc(Cl)cn4)cc3C)C2=O)cc1. The zero-order chi connectivity index (χ0) is 24.4. The van der Waals surface area contributed by atoms with Gasteiger partial charge in [0.25, 0.3) is 0 Å². The van der Waals surface area contributed by atoms with Crippen molar-refractivity contribution in [1.82, 2.24) is 4.98 Å². The molecule has 4 rings (SSSR count). The van der Waals surface area contributed by atoms with Crippen LogP contribution in [0.4, 0.5) is 0 Å². The van der Waals surface area contributed by atoms with Gasteiger partial charge in [-0.3, -0.25) is 19.4 Å². The molecule has 4 nitrogen and oxygen atoms in total. The van der Waals surface area contributed by atoms with Crippen LogP contribution in [0.5, 0.6) is 0 Å². The second-order valence-electron chi connectivity index (χ2n) is 9.32. The summed E-state index contributed by atoms with van der Waals surface area (Å²) in [5.74, 6) is -1.51. The van der Waals surface area contributed by atoms with Crippen LogP contribution in [0.15, 0.2) is 54.7 Å². The van der Waals surface area contributed by atoms with Crippen LogP contribution in [-0.4, -0.2) is 22.3 Å². The summed E-state index contributed by atoms with van der Waals surface area (Å²) in [5.41, 5.74) is 6.50. The molecule has 2 unspecified atom stereocenters. The lowest BCUT2D eigenvalue weighted by molar-refractivity contribution is -0.127. The Hall–Kier alpha value is -3.11. The molecule has 34 heavy (non-hydrogen) atoms. The molecule has 174 valence electrons. The molecule has 0 spiro atoms. The third-order valence-corrected chi connectivity index (χ3v) is 6.87. The quantitative estimate of drug-likeness (QED) is 0.385. The highest BCUT2D eigenvalue weighted by atomic mass is 35.5. The molecule has 0 aliphatic heterocycles. The molecule has 0 amide bonds. The molecule has 0 radical (unpaired) electrons. The van der Waals surface area contributed by atoms with E-state index in [2.05, 4.69) is 4.98 Å². The predicted molar refractivity (Wildman–Crippen MR) is 134 cm³/mol. The lowest BCUT2D eigenvalue weighted by Crippen LogP contribution is -2.19. The summed E-state index contributed by atoms with van der Waals surface area (Å²) >= 11 is 5.95. The Labute approximate surface area is 205 Å². The highest BCUT2D eigenvalue weighted by molar-refractivity contribution is 6.30. The molecule has 0 N–H and O–H groups in total. The van der Waals surface area contributed by atoms with Crippen LogP contribution in [0.3, 0.4) is 0 Å².